The summed E-state index contributed by atoms with van der Waals surface area (Å²) in [6.07, 6.45) is 1.50. The summed E-state index contributed by atoms with van der Waals surface area (Å²) < 4.78 is 0. The van der Waals surface area contributed by atoms with Crippen LogP contribution in [-0.4, -0.2) is 10.8 Å². The first-order chi connectivity index (χ1) is 10.2. The van der Waals surface area contributed by atoms with Crippen LogP contribution in [0.2, 0.25) is 0 Å². The second-order valence-corrected chi connectivity index (χ2v) is 5.61. The summed E-state index contributed by atoms with van der Waals surface area (Å²) in [5.41, 5.74) is 5.16. The Hall–Kier alpha value is -2.48. The van der Waals surface area contributed by atoms with Crippen molar-refractivity contribution in [1.82, 2.24) is 4.98 Å². The van der Waals surface area contributed by atoms with Gasteiger partial charge in [-0.2, -0.15) is 0 Å². The number of carbonyl (C=O) groups is 1. The SMILES string of the molecule is Cc1nc(-c2ccc3c(c2)CCC3=O)cc2ccccc12. The number of ketones is 1. The van der Waals surface area contributed by atoms with E-state index in [1.165, 1.54) is 10.8 Å². The van der Waals surface area contributed by atoms with Crippen LogP contribution < -0.4 is 0 Å². The van der Waals surface area contributed by atoms with Crippen molar-refractivity contribution in [3.05, 3.63) is 65.4 Å². The number of aryl methyl sites for hydroxylation is 2. The van der Waals surface area contributed by atoms with E-state index >= 15 is 0 Å². The van der Waals surface area contributed by atoms with Crippen LogP contribution in [0.4, 0.5) is 0 Å². The van der Waals surface area contributed by atoms with Gasteiger partial charge in [-0.15, -0.1) is 0 Å². The van der Waals surface area contributed by atoms with Gasteiger partial charge in [-0.25, -0.2) is 0 Å². The van der Waals surface area contributed by atoms with Crippen molar-refractivity contribution in [1.29, 1.82) is 0 Å². The molecule has 3 aromatic rings. The van der Waals surface area contributed by atoms with Gasteiger partial charge in [0.1, 0.15) is 0 Å². The number of hydrogen-bond donors (Lipinski definition) is 0. The molecule has 21 heavy (non-hydrogen) atoms. The Morgan fingerprint density at radius 3 is 2.76 bits per heavy atom. The minimum Gasteiger partial charge on any atom is -0.294 e. The number of hydrogen-bond acceptors (Lipinski definition) is 2. The predicted octanol–water partition coefficient (Wildman–Crippen LogP) is 4.34. The standard InChI is InChI=1S/C19H15NO/c1-12-16-5-3-2-4-13(16)11-18(20-12)15-6-8-17-14(10-15)7-9-19(17)21/h2-6,8,10-11H,7,9H2,1H3. The van der Waals surface area contributed by atoms with Crippen LogP contribution in [0.1, 0.15) is 28.0 Å². The smallest absolute Gasteiger partial charge is 0.163 e. The van der Waals surface area contributed by atoms with Crippen LogP contribution in [0.5, 0.6) is 0 Å². The molecule has 1 heterocycles. The Morgan fingerprint density at radius 1 is 1.00 bits per heavy atom. The first kappa shape index (κ1) is 12.3. The third-order valence-electron chi connectivity index (χ3n) is 4.25. The first-order valence-corrected chi connectivity index (χ1v) is 7.25. The topological polar surface area (TPSA) is 30.0 Å². The Morgan fingerprint density at radius 2 is 1.86 bits per heavy atom. The number of fused-ring (bicyclic) bond motifs is 2. The van der Waals surface area contributed by atoms with Gasteiger partial charge in [0.25, 0.3) is 0 Å². The molecule has 1 aliphatic rings. The molecule has 0 radical (unpaired) electrons. The molecule has 1 aliphatic carbocycles. The molecule has 1 aromatic heterocycles. The zero-order valence-electron chi connectivity index (χ0n) is 11.9. The molecule has 102 valence electrons. The van der Waals surface area contributed by atoms with Crippen LogP contribution in [0.3, 0.4) is 0 Å². The lowest BCUT2D eigenvalue weighted by Gasteiger charge is -2.08. The number of nitrogens with zero attached hydrogens (tertiary/aromatic N) is 1. The molecule has 0 N–H and O–H groups in total. The number of pyridine rings is 1. The Balaban J connectivity index is 1.89. The third-order valence-corrected chi connectivity index (χ3v) is 4.25. The molecule has 0 saturated heterocycles. The van der Waals surface area contributed by atoms with Gasteiger partial charge in [-0.3, -0.25) is 9.78 Å². The van der Waals surface area contributed by atoms with E-state index in [4.69, 9.17) is 4.98 Å². The fourth-order valence-corrected chi connectivity index (χ4v) is 3.14. The zero-order valence-corrected chi connectivity index (χ0v) is 11.9. The Kier molecular flexibility index (Phi) is 2.64. The highest BCUT2D eigenvalue weighted by molar-refractivity contribution is 6.01. The van der Waals surface area contributed by atoms with Gasteiger partial charge < -0.3 is 0 Å². The van der Waals surface area contributed by atoms with Gasteiger partial charge in [-0.1, -0.05) is 36.4 Å². The van der Waals surface area contributed by atoms with Crippen LogP contribution in [0.15, 0.2) is 48.5 Å². The van der Waals surface area contributed by atoms with Gasteiger partial charge in [0.15, 0.2) is 5.78 Å². The summed E-state index contributed by atoms with van der Waals surface area (Å²) >= 11 is 0. The van der Waals surface area contributed by atoms with Gasteiger partial charge in [0.2, 0.25) is 0 Å². The summed E-state index contributed by atoms with van der Waals surface area (Å²) in [4.78, 5) is 16.5. The fourth-order valence-electron chi connectivity index (χ4n) is 3.14. The summed E-state index contributed by atoms with van der Waals surface area (Å²) in [6.45, 7) is 2.04. The zero-order chi connectivity index (χ0) is 14.4. The minimum atomic E-state index is 0.263. The van der Waals surface area contributed by atoms with E-state index in [-0.39, 0.29) is 5.78 Å². The highest BCUT2D eigenvalue weighted by Crippen LogP contribution is 2.29. The Labute approximate surface area is 123 Å². The molecule has 0 aliphatic heterocycles. The number of Topliss-reactive ketones (excluding diaryl/α,β-unsaturated/α-hetero) is 1. The molecule has 0 atom stereocenters. The predicted molar refractivity (Wildman–Crippen MR) is 84.6 cm³/mol. The molecular formula is C19H15NO. The summed E-state index contributed by atoms with van der Waals surface area (Å²) in [5.74, 6) is 0.263. The lowest BCUT2D eigenvalue weighted by Crippen LogP contribution is -1.93. The van der Waals surface area contributed by atoms with E-state index in [0.29, 0.717) is 6.42 Å². The highest BCUT2D eigenvalue weighted by Gasteiger charge is 2.19. The monoisotopic (exact) mass is 273 g/mol. The summed E-state index contributed by atoms with van der Waals surface area (Å²) in [5, 5.41) is 2.40. The molecule has 0 bridgehead atoms. The molecular weight excluding hydrogens is 258 g/mol. The maximum atomic E-state index is 11.7. The van der Waals surface area contributed by atoms with Crippen molar-refractivity contribution < 1.29 is 4.79 Å². The molecule has 4 rings (SSSR count). The highest BCUT2D eigenvalue weighted by atomic mass is 16.1. The largest absolute Gasteiger partial charge is 0.294 e. The molecule has 0 saturated carbocycles. The summed E-state index contributed by atoms with van der Waals surface area (Å²) in [6, 6.07) is 16.5. The second kappa shape index (κ2) is 4.52. The number of benzene rings is 2. The minimum absolute atomic E-state index is 0.263. The average Bonchev–Trinajstić information content (AvgIpc) is 2.88. The van der Waals surface area contributed by atoms with Gasteiger partial charge in [0, 0.05) is 28.6 Å². The summed E-state index contributed by atoms with van der Waals surface area (Å²) in [7, 11) is 0. The quantitative estimate of drug-likeness (QED) is 0.660. The molecule has 0 unspecified atom stereocenters. The van der Waals surface area contributed by atoms with Crippen molar-refractivity contribution in [3.8, 4) is 11.3 Å². The van der Waals surface area contributed by atoms with Gasteiger partial charge >= 0.3 is 0 Å². The van der Waals surface area contributed by atoms with Crippen LogP contribution in [-0.2, 0) is 6.42 Å². The van der Waals surface area contributed by atoms with Crippen LogP contribution >= 0.6 is 0 Å². The number of carbonyl (C=O) groups excluding carboxylic acids is 1. The van der Waals surface area contributed by atoms with Crippen molar-refractivity contribution in [3.63, 3.8) is 0 Å². The molecule has 0 fully saturated rings. The molecule has 0 amide bonds. The second-order valence-electron chi connectivity index (χ2n) is 5.61. The normalized spacial score (nSPS) is 13.7. The lowest BCUT2D eigenvalue weighted by molar-refractivity contribution is 0.0994. The van der Waals surface area contributed by atoms with Crippen molar-refractivity contribution in [2.45, 2.75) is 19.8 Å². The van der Waals surface area contributed by atoms with Gasteiger partial charge in [-0.05, 0) is 36.4 Å². The van der Waals surface area contributed by atoms with Crippen molar-refractivity contribution >= 4 is 16.6 Å². The van der Waals surface area contributed by atoms with Crippen LogP contribution in [0, 0.1) is 6.92 Å². The van der Waals surface area contributed by atoms with E-state index in [9.17, 15) is 4.79 Å². The number of aromatic nitrogens is 1. The van der Waals surface area contributed by atoms with Gasteiger partial charge in [0.05, 0.1) is 5.69 Å². The molecule has 2 nitrogen and oxygen atoms in total. The van der Waals surface area contributed by atoms with E-state index in [0.717, 1.165) is 34.5 Å². The van der Waals surface area contributed by atoms with E-state index < -0.39 is 0 Å². The lowest BCUT2D eigenvalue weighted by atomic mass is 10.0. The Bertz CT molecular complexity index is 880. The van der Waals surface area contributed by atoms with E-state index in [1.807, 2.05) is 31.2 Å². The molecule has 2 heteroatoms. The number of rotatable bonds is 1. The maximum Gasteiger partial charge on any atom is 0.163 e. The fraction of sp³-hybridized carbons (Fsp3) is 0.158. The maximum absolute atomic E-state index is 11.7. The van der Waals surface area contributed by atoms with Crippen LogP contribution in [0.25, 0.3) is 22.0 Å². The van der Waals surface area contributed by atoms with Crippen molar-refractivity contribution in [2.75, 3.05) is 0 Å². The van der Waals surface area contributed by atoms with E-state index in [2.05, 4.69) is 24.3 Å². The third kappa shape index (κ3) is 1.95. The molecule has 2 aromatic carbocycles. The molecule has 0 spiro atoms. The van der Waals surface area contributed by atoms with Crippen molar-refractivity contribution in [2.24, 2.45) is 0 Å². The first-order valence-electron chi connectivity index (χ1n) is 7.25. The average molecular weight is 273 g/mol. The van der Waals surface area contributed by atoms with E-state index in [1.54, 1.807) is 0 Å².